The normalized spacial score (nSPS) is 17.4. The van der Waals surface area contributed by atoms with Crippen molar-refractivity contribution in [1.82, 2.24) is 0 Å². The molecule has 4 N–H and O–H groups in total. The molecule has 0 bridgehead atoms. The minimum Gasteiger partial charge on any atom is -0.365 e. The van der Waals surface area contributed by atoms with E-state index in [0.29, 0.717) is 19.3 Å². The molecule has 0 unspecified atom stereocenters. The van der Waals surface area contributed by atoms with E-state index in [9.17, 15) is 15.0 Å². The van der Waals surface area contributed by atoms with E-state index in [4.69, 9.17) is 5.73 Å². The Kier molecular flexibility index (Phi) is 13.1. The number of primary amides is 1. The molecule has 1 amide bonds. The lowest BCUT2D eigenvalue weighted by molar-refractivity contribution is -0.238. The zero-order valence-electron chi connectivity index (χ0n) is 18.5. The Balaban J connectivity index is 2.17. The summed E-state index contributed by atoms with van der Waals surface area (Å²) in [6, 6.07) is 0. The summed E-state index contributed by atoms with van der Waals surface area (Å²) in [7, 11) is 0. The summed E-state index contributed by atoms with van der Waals surface area (Å²) in [4.78, 5) is 11.7. The Hall–Kier alpha value is -0.610. The molecule has 0 aromatic carbocycles. The summed E-state index contributed by atoms with van der Waals surface area (Å²) >= 11 is 0. The molecule has 0 atom stereocenters. The van der Waals surface area contributed by atoms with Gasteiger partial charge in [0.05, 0.1) is 0 Å². The molecule has 1 aliphatic carbocycles. The lowest BCUT2D eigenvalue weighted by Gasteiger charge is -2.41. The van der Waals surface area contributed by atoms with Crippen molar-refractivity contribution in [3.63, 3.8) is 0 Å². The van der Waals surface area contributed by atoms with Crippen LogP contribution < -0.4 is 5.73 Å². The number of amides is 1. The van der Waals surface area contributed by atoms with Gasteiger partial charge in [-0.2, -0.15) is 0 Å². The van der Waals surface area contributed by atoms with Crippen LogP contribution in [0.25, 0.3) is 0 Å². The van der Waals surface area contributed by atoms with Crippen molar-refractivity contribution in [3.05, 3.63) is 0 Å². The molecular formula is C24H47NO3. The van der Waals surface area contributed by atoms with E-state index in [2.05, 4.69) is 6.92 Å². The van der Waals surface area contributed by atoms with Gasteiger partial charge in [0.25, 0.3) is 5.91 Å². The van der Waals surface area contributed by atoms with E-state index in [1.54, 1.807) is 0 Å². The third kappa shape index (κ3) is 8.82. The summed E-state index contributed by atoms with van der Waals surface area (Å²) < 4.78 is 0. The predicted octanol–water partition coefficient (Wildman–Crippen LogP) is 5.97. The van der Waals surface area contributed by atoms with Gasteiger partial charge < -0.3 is 15.9 Å². The van der Waals surface area contributed by atoms with Crippen LogP contribution in [-0.4, -0.2) is 21.9 Å². The number of carbonyl (C=O) groups excluding carboxylic acids is 1. The third-order valence-corrected chi connectivity index (χ3v) is 6.90. The van der Waals surface area contributed by atoms with E-state index < -0.39 is 17.1 Å². The molecule has 0 aromatic rings. The molecule has 1 rings (SSSR count). The van der Waals surface area contributed by atoms with E-state index >= 15 is 0 Å². The molecule has 0 heterocycles. The monoisotopic (exact) mass is 397 g/mol. The van der Waals surface area contributed by atoms with Crippen molar-refractivity contribution in [3.8, 4) is 0 Å². The smallest absolute Gasteiger partial charge is 0.277 e. The molecule has 4 heteroatoms. The Morgan fingerprint density at radius 1 is 0.750 bits per heavy atom. The van der Waals surface area contributed by atoms with Gasteiger partial charge in [-0.3, -0.25) is 4.79 Å². The molecular weight excluding hydrogens is 350 g/mol. The van der Waals surface area contributed by atoms with Crippen LogP contribution in [0.1, 0.15) is 135 Å². The first kappa shape index (κ1) is 25.4. The highest BCUT2D eigenvalue weighted by Crippen LogP contribution is 2.46. The van der Waals surface area contributed by atoms with Gasteiger partial charge in [-0.1, -0.05) is 116 Å². The maximum absolute atomic E-state index is 11.7. The van der Waals surface area contributed by atoms with Crippen LogP contribution in [0.5, 0.6) is 0 Å². The predicted molar refractivity (Wildman–Crippen MR) is 117 cm³/mol. The SMILES string of the molecule is CCCCCCCCCCCCCCCC1(C(O)(O)C(N)=O)CCCCCC1. The topological polar surface area (TPSA) is 83.6 Å². The van der Waals surface area contributed by atoms with Crippen LogP contribution in [0, 0.1) is 5.41 Å². The van der Waals surface area contributed by atoms with Gasteiger partial charge in [0.2, 0.25) is 5.79 Å². The zero-order chi connectivity index (χ0) is 20.7. The number of rotatable bonds is 16. The number of unbranched alkanes of at least 4 members (excludes halogenated alkanes) is 12. The largest absolute Gasteiger partial charge is 0.365 e. The maximum Gasteiger partial charge on any atom is 0.277 e. The molecule has 166 valence electrons. The fraction of sp³-hybridized carbons (Fsp3) is 0.958. The van der Waals surface area contributed by atoms with Crippen LogP contribution in [-0.2, 0) is 4.79 Å². The van der Waals surface area contributed by atoms with Gasteiger partial charge in [0.15, 0.2) is 0 Å². The lowest BCUT2D eigenvalue weighted by Crippen LogP contribution is -2.57. The maximum atomic E-state index is 11.7. The highest BCUT2D eigenvalue weighted by atomic mass is 16.5. The minimum absolute atomic E-state index is 0.695. The van der Waals surface area contributed by atoms with E-state index in [1.165, 1.54) is 70.6 Å². The third-order valence-electron chi connectivity index (χ3n) is 6.90. The number of carbonyl (C=O) groups is 1. The first-order valence-corrected chi connectivity index (χ1v) is 12.2. The summed E-state index contributed by atoms with van der Waals surface area (Å²) in [6.07, 6.45) is 23.0. The Bertz CT molecular complexity index is 401. The molecule has 0 radical (unpaired) electrons. The number of aliphatic hydroxyl groups is 2. The second kappa shape index (κ2) is 14.4. The molecule has 0 spiro atoms. The summed E-state index contributed by atoms with van der Waals surface area (Å²) in [5.41, 5.74) is 4.60. The van der Waals surface area contributed by atoms with Crippen LogP contribution in [0.3, 0.4) is 0 Å². The zero-order valence-corrected chi connectivity index (χ0v) is 18.5. The van der Waals surface area contributed by atoms with Crippen molar-refractivity contribution >= 4 is 5.91 Å². The van der Waals surface area contributed by atoms with E-state index in [1.807, 2.05) is 0 Å². The van der Waals surface area contributed by atoms with Crippen LogP contribution in [0.4, 0.5) is 0 Å². The number of nitrogens with two attached hydrogens (primary N) is 1. The van der Waals surface area contributed by atoms with Crippen molar-refractivity contribution < 1.29 is 15.0 Å². The Labute approximate surface area is 173 Å². The fourth-order valence-corrected chi connectivity index (χ4v) is 4.92. The van der Waals surface area contributed by atoms with Crippen molar-refractivity contribution in [2.75, 3.05) is 0 Å². The van der Waals surface area contributed by atoms with Gasteiger partial charge in [-0.25, -0.2) is 0 Å². The Morgan fingerprint density at radius 3 is 1.54 bits per heavy atom. The standard InChI is InChI=1S/C24H47NO3/c1-2-3-4-5-6-7-8-9-10-11-12-13-16-19-23(24(27,28)22(25)26)20-17-14-15-18-21-23/h27-28H,2-21H2,1H3,(H2,25,26). The number of hydrogen-bond acceptors (Lipinski definition) is 3. The average Bonchev–Trinajstić information content (AvgIpc) is 2.92. The van der Waals surface area contributed by atoms with Crippen molar-refractivity contribution in [2.24, 2.45) is 11.1 Å². The van der Waals surface area contributed by atoms with Gasteiger partial charge in [0.1, 0.15) is 0 Å². The van der Waals surface area contributed by atoms with Gasteiger partial charge in [-0.15, -0.1) is 0 Å². The van der Waals surface area contributed by atoms with Crippen molar-refractivity contribution in [2.45, 2.75) is 141 Å². The summed E-state index contributed by atoms with van der Waals surface area (Å²) in [5, 5.41) is 20.9. The van der Waals surface area contributed by atoms with Crippen LogP contribution in [0.2, 0.25) is 0 Å². The Morgan fingerprint density at radius 2 is 1.14 bits per heavy atom. The summed E-state index contributed by atoms with van der Waals surface area (Å²) in [6.45, 7) is 2.26. The van der Waals surface area contributed by atoms with E-state index in [-0.39, 0.29) is 0 Å². The molecule has 0 aliphatic heterocycles. The molecule has 28 heavy (non-hydrogen) atoms. The van der Waals surface area contributed by atoms with Gasteiger partial charge in [-0.05, 0) is 19.3 Å². The fourth-order valence-electron chi connectivity index (χ4n) is 4.92. The molecule has 1 saturated carbocycles. The highest BCUT2D eigenvalue weighted by Gasteiger charge is 2.52. The molecule has 4 nitrogen and oxygen atoms in total. The van der Waals surface area contributed by atoms with Crippen LogP contribution >= 0.6 is 0 Å². The molecule has 0 aromatic heterocycles. The highest BCUT2D eigenvalue weighted by molar-refractivity contribution is 5.82. The number of hydrogen-bond donors (Lipinski definition) is 3. The second-order valence-corrected chi connectivity index (χ2v) is 9.22. The molecule has 1 aliphatic rings. The van der Waals surface area contributed by atoms with Gasteiger partial charge >= 0.3 is 0 Å². The minimum atomic E-state index is -2.37. The summed E-state index contributed by atoms with van der Waals surface area (Å²) in [5.74, 6) is -3.35. The van der Waals surface area contributed by atoms with Gasteiger partial charge in [0, 0.05) is 5.41 Å². The first-order chi connectivity index (χ1) is 13.5. The average molecular weight is 398 g/mol. The molecule has 0 saturated heterocycles. The quantitative estimate of drug-likeness (QED) is 0.170. The second-order valence-electron chi connectivity index (χ2n) is 9.22. The lowest BCUT2D eigenvalue weighted by atomic mass is 9.69. The first-order valence-electron chi connectivity index (χ1n) is 12.2. The van der Waals surface area contributed by atoms with E-state index in [0.717, 1.165) is 38.5 Å². The molecule has 1 fully saturated rings. The van der Waals surface area contributed by atoms with Crippen LogP contribution in [0.15, 0.2) is 0 Å². The van der Waals surface area contributed by atoms with Crippen molar-refractivity contribution in [1.29, 1.82) is 0 Å².